The fourth-order valence-corrected chi connectivity index (χ4v) is 1.98. The first-order chi connectivity index (χ1) is 9.04. The third-order valence-electron chi connectivity index (χ3n) is 2.94. The minimum atomic E-state index is -0.171. The molecule has 0 N–H and O–H groups in total. The van der Waals surface area contributed by atoms with E-state index in [0.717, 1.165) is 0 Å². The second kappa shape index (κ2) is 5.45. The van der Waals surface area contributed by atoms with E-state index in [2.05, 4.69) is 4.98 Å². The number of benzene rings is 1. The van der Waals surface area contributed by atoms with Crippen LogP contribution < -0.4 is 10.3 Å². The van der Waals surface area contributed by atoms with Crippen molar-refractivity contribution in [3.05, 3.63) is 45.5 Å². The summed E-state index contributed by atoms with van der Waals surface area (Å²) in [5.41, 5.74) is 1.51. The zero-order valence-electron chi connectivity index (χ0n) is 11.1. The topological polar surface area (TPSA) is 44.1 Å². The summed E-state index contributed by atoms with van der Waals surface area (Å²) in [7, 11) is 1.68. The van der Waals surface area contributed by atoms with Crippen LogP contribution >= 0.6 is 11.6 Å². The highest BCUT2D eigenvalue weighted by Crippen LogP contribution is 2.22. The van der Waals surface area contributed by atoms with Gasteiger partial charge in [-0.25, -0.2) is 4.98 Å². The Bertz CT molecular complexity index is 665. The van der Waals surface area contributed by atoms with Gasteiger partial charge in [0.05, 0.1) is 12.3 Å². The molecule has 0 fully saturated rings. The standard InChI is InChI=1S/C14H15ClN2O2/c1-4-19-11-7-5-6-10(8-11)12-14(18)17(3)9(2)13(15)16-12/h5-8H,4H2,1-3H3. The van der Waals surface area contributed by atoms with Crippen LogP contribution in [0.5, 0.6) is 5.75 Å². The Balaban J connectivity index is 2.59. The number of hydrogen-bond acceptors (Lipinski definition) is 3. The molecule has 0 atom stereocenters. The van der Waals surface area contributed by atoms with Crippen LogP contribution in [0.25, 0.3) is 11.3 Å². The maximum absolute atomic E-state index is 12.2. The first-order valence-corrected chi connectivity index (χ1v) is 6.38. The van der Waals surface area contributed by atoms with Crippen molar-refractivity contribution < 1.29 is 4.74 Å². The van der Waals surface area contributed by atoms with Crippen LogP contribution in [-0.4, -0.2) is 16.2 Å². The van der Waals surface area contributed by atoms with Crippen LogP contribution in [0.3, 0.4) is 0 Å². The van der Waals surface area contributed by atoms with Gasteiger partial charge in [0.2, 0.25) is 0 Å². The smallest absolute Gasteiger partial charge is 0.277 e. The summed E-state index contributed by atoms with van der Waals surface area (Å²) < 4.78 is 6.92. The summed E-state index contributed by atoms with van der Waals surface area (Å²) in [5, 5.41) is 0.332. The first-order valence-electron chi connectivity index (χ1n) is 6.01. The molecule has 1 heterocycles. The maximum atomic E-state index is 12.2. The Morgan fingerprint density at radius 2 is 2.16 bits per heavy atom. The number of hydrogen-bond donors (Lipinski definition) is 0. The summed E-state index contributed by atoms with van der Waals surface area (Å²) in [4.78, 5) is 16.4. The molecule has 0 unspecified atom stereocenters. The van der Waals surface area contributed by atoms with Crippen LogP contribution in [0.15, 0.2) is 29.1 Å². The first kappa shape index (κ1) is 13.6. The molecule has 0 spiro atoms. The summed E-state index contributed by atoms with van der Waals surface area (Å²) in [5.74, 6) is 0.709. The third-order valence-corrected chi connectivity index (χ3v) is 3.30. The summed E-state index contributed by atoms with van der Waals surface area (Å²) in [6.07, 6.45) is 0. The van der Waals surface area contributed by atoms with Gasteiger partial charge in [0.1, 0.15) is 16.6 Å². The molecule has 2 aromatic rings. The number of rotatable bonds is 3. The molecule has 5 heteroatoms. The molecule has 0 bridgehead atoms. The zero-order valence-corrected chi connectivity index (χ0v) is 11.9. The van der Waals surface area contributed by atoms with E-state index in [1.54, 1.807) is 20.0 Å². The SMILES string of the molecule is CCOc1cccc(-c2nc(Cl)c(C)n(C)c2=O)c1. The predicted molar refractivity (Wildman–Crippen MR) is 75.8 cm³/mol. The lowest BCUT2D eigenvalue weighted by atomic mass is 10.1. The predicted octanol–water partition coefficient (Wildman–Crippen LogP) is 2.81. The molecule has 0 aliphatic rings. The molecule has 0 aliphatic heterocycles. The Morgan fingerprint density at radius 1 is 1.42 bits per heavy atom. The Hall–Kier alpha value is -1.81. The lowest BCUT2D eigenvalue weighted by Crippen LogP contribution is -2.22. The Labute approximate surface area is 116 Å². The monoisotopic (exact) mass is 278 g/mol. The van der Waals surface area contributed by atoms with E-state index in [-0.39, 0.29) is 5.56 Å². The highest BCUT2D eigenvalue weighted by Gasteiger charge is 2.12. The van der Waals surface area contributed by atoms with Crippen molar-refractivity contribution in [1.29, 1.82) is 0 Å². The highest BCUT2D eigenvalue weighted by atomic mass is 35.5. The van der Waals surface area contributed by atoms with Gasteiger partial charge in [0, 0.05) is 12.6 Å². The zero-order chi connectivity index (χ0) is 14.0. The number of aromatic nitrogens is 2. The normalized spacial score (nSPS) is 10.5. The average Bonchev–Trinajstić information content (AvgIpc) is 2.41. The van der Waals surface area contributed by atoms with Crippen LogP contribution in [0, 0.1) is 6.92 Å². The van der Waals surface area contributed by atoms with Crippen LogP contribution in [0.1, 0.15) is 12.6 Å². The minimum absolute atomic E-state index is 0.171. The second-order valence-electron chi connectivity index (χ2n) is 4.16. The molecule has 100 valence electrons. The van der Waals surface area contributed by atoms with Gasteiger partial charge in [-0.15, -0.1) is 0 Å². The van der Waals surface area contributed by atoms with E-state index in [9.17, 15) is 4.79 Å². The maximum Gasteiger partial charge on any atom is 0.277 e. The quantitative estimate of drug-likeness (QED) is 0.867. The molecule has 0 aliphatic carbocycles. The molecule has 1 aromatic carbocycles. The van der Waals surface area contributed by atoms with Gasteiger partial charge in [-0.05, 0) is 26.0 Å². The van der Waals surface area contributed by atoms with E-state index < -0.39 is 0 Å². The fourth-order valence-electron chi connectivity index (χ4n) is 1.76. The molecule has 19 heavy (non-hydrogen) atoms. The van der Waals surface area contributed by atoms with Gasteiger partial charge in [-0.2, -0.15) is 0 Å². The van der Waals surface area contributed by atoms with Gasteiger partial charge in [0.25, 0.3) is 5.56 Å². The fraction of sp³-hybridized carbons (Fsp3) is 0.286. The van der Waals surface area contributed by atoms with Crippen molar-refractivity contribution in [2.45, 2.75) is 13.8 Å². The van der Waals surface area contributed by atoms with Crippen LogP contribution in [0.4, 0.5) is 0 Å². The Kier molecular flexibility index (Phi) is 3.90. The van der Waals surface area contributed by atoms with Gasteiger partial charge in [0.15, 0.2) is 0 Å². The lowest BCUT2D eigenvalue weighted by molar-refractivity contribution is 0.340. The third kappa shape index (κ3) is 2.63. The van der Waals surface area contributed by atoms with Crippen molar-refractivity contribution in [2.75, 3.05) is 6.61 Å². The summed E-state index contributed by atoms with van der Waals surface area (Å²) in [6.45, 7) is 4.24. The van der Waals surface area contributed by atoms with E-state index in [0.29, 0.717) is 34.5 Å². The molecular weight excluding hydrogens is 264 g/mol. The number of nitrogens with zero attached hydrogens (tertiary/aromatic N) is 2. The van der Waals surface area contributed by atoms with Gasteiger partial charge < -0.3 is 9.30 Å². The van der Waals surface area contributed by atoms with Gasteiger partial charge in [-0.1, -0.05) is 23.7 Å². The molecule has 2 rings (SSSR count). The van der Waals surface area contributed by atoms with Crippen LogP contribution in [-0.2, 0) is 7.05 Å². The van der Waals surface area contributed by atoms with E-state index in [4.69, 9.17) is 16.3 Å². The molecular formula is C14H15ClN2O2. The van der Waals surface area contributed by atoms with Crippen molar-refractivity contribution in [1.82, 2.24) is 9.55 Å². The van der Waals surface area contributed by atoms with Crippen molar-refractivity contribution in [3.63, 3.8) is 0 Å². The average molecular weight is 279 g/mol. The largest absolute Gasteiger partial charge is 0.494 e. The highest BCUT2D eigenvalue weighted by molar-refractivity contribution is 6.30. The molecule has 0 radical (unpaired) electrons. The van der Waals surface area contributed by atoms with E-state index in [1.807, 2.05) is 25.1 Å². The Morgan fingerprint density at radius 3 is 2.84 bits per heavy atom. The van der Waals surface area contributed by atoms with Crippen molar-refractivity contribution in [3.8, 4) is 17.0 Å². The minimum Gasteiger partial charge on any atom is -0.494 e. The van der Waals surface area contributed by atoms with Crippen molar-refractivity contribution in [2.24, 2.45) is 7.05 Å². The number of halogens is 1. The lowest BCUT2D eigenvalue weighted by Gasteiger charge is -2.09. The molecule has 0 saturated heterocycles. The van der Waals surface area contributed by atoms with Crippen molar-refractivity contribution >= 4 is 11.6 Å². The van der Waals surface area contributed by atoms with E-state index >= 15 is 0 Å². The second-order valence-corrected chi connectivity index (χ2v) is 4.52. The van der Waals surface area contributed by atoms with Gasteiger partial charge in [-0.3, -0.25) is 4.79 Å². The molecule has 4 nitrogen and oxygen atoms in total. The molecule has 1 aromatic heterocycles. The van der Waals surface area contributed by atoms with Crippen LogP contribution in [0.2, 0.25) is 5.15 Å². The van der Waals surface area contributed by atoms with E-state index in [1.165, 1.54) is 4.57 Å². The summed E-state index contributed by atoms with van der Waals surface area (Å²) in [6, 6.07) is 7.28. The van der Waals surface area contributed by atoms with Gasteiger partial charge >= 0.3 is 0 Å². The molecule has 0 amide bonds. The molecule has 0 saturated carbocycles. The summed E-state index contributed by atoms with van der Waals surface area (Å²) >= 11 is 6.04. The number of ether oxygens (including phenoxy) is 1.